The summed E-state index contributed by atoms with van der Waals surface area (Å²) in [6, 6.07) is 26.9. The summed E-state index contributed by atoms with van der Waals surface area (Å²) in [5, 5.41) is 1.74. The maximum absolute atomic E-state index is 14.0. The van der Waals surface area contributed by atoms with Gasteiger partial charge in [0.1, 0.15) is 5.60 Å². The second kappa shape index (κ2) is 11.2. The average Bonchev–Trinajstić information content (AvgIpc) is 3.51. The molecule has 3 aromatic carbocycles. The van der Waals surface area contributed by atoms with E-state index >= 15 is 0 Å². The standard InChI is InChI=1S/C34H40N2O5Si/c1-33(2,3)40-32(39)31(35-22-21-24(23-35)36-29(37)27-19-13-14-20-28(27)30(36)38)41-42(34(4,5)6,25-15-9-7-10-16-25)26-17-11-8-12-18-26/h7-20,24,31H,21-23H2,1-6H3. The molecule has 220 valence electrons. The average molecular weight is 585 g/mol. The maximum atomic E-state index is 14.0. The first kappa shape index (κ1) is 29.9. The fourth-order valence-electron chi connectivity index (χ4n) is 6.21. The zero-order valence-corrected chi connectivity index (χ0v) is 26.3. The summed E-state index contributed by atoms with van der Waals surface area (Å²) in [7, 11) is -3.14. The Bertz CT molecular complexity index is 1390. The number of likely N-dealkylation sites (tertiary alicyclic amines) is 1. The van der Waals surface area contributed by atoms with Gasteiger partial charge in [-0.3, -0.25) is 19.4 Å². The van der Waals surface area contributed by atoms with Gasteiger partial charge in [-0.2, -0.15) is 0 Å². The van der Waals surface area contributed by atoms with Gasteiger partial charge in [-0.1, -0.05) is 93.6 Å². The van der Waals surface area contributed by atoms with E-state index < -0.39 is 26.1 Å². The lowest BCUT2D eigenvalue weighted by Crippen LogP contribution is -2.70. The number of amides is 2. The van der Waals surface area contributed by atoms with Crippen molar-refractivity contribution in [3.05, 3.63) is 96.1 Å². The zero-order chi connectivity index (χ0) is 30.3. The number of esters is 1. The van der Waals surface area contributed by atoms with Crippen LogP contribution >= 0.6 is 0 Å². The molecule has 0 N–H and O–H groups in total. The molecule has 2 aliphatic heterocycles. The van der Waals surface area contributed by atoms with E-state index in [0.717, 1.165) is 10.4 Å². The topological polar surface area (TPSA) is 76.2 Å². The minimum atomic E-state index is -3.14. The van der Waals surface area contributed by atoms with Crippen molar-refractivity contribution in [3.8, 4) is 0 Å². The van der Waals surface area contributed by atoms with Gasteiger partial charge in [-0.05, 0) is 54.7 Å². The quantitative estimate of drug-likeness (QED) is 0.230. The highest BCUT2D eigenvalue weighted by Crippen LogP contribution is 2.39. The molecular weight excluding hydrogens is 544 g/mol. The summed E-state index contributed by atoms with van der Waals surface area (Å²) in [6.07, 6.45) is -0.495. The Labute approximate surface area is 249 Å². The van der Waals surface area contributed by atoms with E-state index in [2.05, 4.69) is 45.0 Å². The third kappa shape index (κ3) is 5.46. The van der Waals surface area contributed by atoms with E-state index in [1.165, 1.54) is 4.90 Å². The monoisotopic (exact) mass is 584 g/mol. The number of ether oxygens (including phenoxy) is 1. The molecule has 0 saturated carbocycles. The SMILES string of the molecule is CC(C)(C)OC(=O)C(O[Si](c1ccccc1)(c1ccccc1)C(C)(C)C)N1CCC(N2C(=O)c3ccccc3C2=O)C1. The van der Waals surface area contributed by atoms with Crippen LogP contribution in [0, 0.1) is 0 Å². The molecule has 1 saturated heterocycles. The van der Waals surface area contributed by atoms with Crippen molar-refractivity contribution in [2.45, 2.75) is 70.9 Å². The summed E-state index contributed by atoms with van der Waals surface area (Å²) in [6.45, 7) is 12.8. The molecule has 3 aromatic rings. The third-order valence-corrected chi connectivity index (χ3v) is 13.0. The van der Waals surface area contributed by atoms with E-state index in [1.54, 1.807) is 24.3 Å². The fraction of sp³-hybridized carbons (Fsp3) is 0.382. The first-order valence-corrected chi connectivity index (χ1v) is 16.5. The Morgan fingerprint density at radius 2 is 1.26 bits per heavy atom. The summed E-state index contributed by atoms with van der Waals surface area (Å²) in [4.78, 5) is 43.9. The Morgan fingerprint density at radius 3 is 1.71 bits per heavy atom. The third-order valence-electron chi connectivity index (χ3n) is 8.03. The molecule has 42 heavy (non-hydrogen) atoms. The van der Waals surface area contributed by atoms with Gasteiger partial charge >= 0.3 is 5.97 Å². The van der Waals surface area contributed by atoms with Crippen LogP contribution in [0.5, 0.6) is 0 Å². The van der Waals surface area contributed by atoms with Gasteiger partial charge in [0.15, 0.2) is 0 Å². The molecular formula is C34H40N2O5Si. The van der Waals surface area contributed by atoms with Crippen molar-refractivity contribution in [3.63, 3.8) is 0 Å². The van der Waals surface area contributed by atoms with Crippen molar-refractivity contribution >= 4 is 36.5 Å². The molecule has 7 nitrogen and oxygen atoms in total. The number of rotatable bonds is 7. The minimum Gasteiger partial charge on any atom is -0.457 e. The fourth-order valence-corrected chi connectivity index (χ4v) is 10.8. The highest BCUT2D eigenvalue weighted by atomic mass is 28.4. The van der Waals surface area contributed by atoms with Crippen LogP contribution in [0.15, 0.2) is 84.9 Å². The van der Waals surface area contributed by atoms with Crippen LogP contribution in [-0.2, 0) is 14.0 Å². The Balaban J connectivity index is 1.55. The molecule has 0 spiro atoms. The van der Waals surface area contributed by atoms with Crippen molar-refractivity contribution in [1.82, 2.24) is 9.80 Å². The minimum absolute atomic E-state index is 0.288. The predicted octanol–water partition coefficient (Wildman–Crippen LogP) is 4.60. The number of carbonyl (C=O) groups excluding carboxylic acids is 3. The van der Waals surface area contributed by atoms with Gasteiger partial charge in [-0.15, -0.1) is 0 Å². The second-order valence-corrected chi connectivity index (χ2v) is 17.4. The molecule has 2 heterocycles. The van der Waals surface area contributed by atoms with Gasteiger partial charge in [0.2, 0.25) is 6.23 Å². The molecule has 0 radical (unpaired) electrons. The number of nitrogens with zero attached hydrogens (tertiary/aromatic N) is 2. The van der Waals surface area contributed by atoms with Crippen LogP contribution in [0.25, 0.3) is 0 Å². The van der Waals surface area contributed by atoms with Gasteiger partial charge in [0, 0.05) is 13.1 Å². The molecule has 1 fully saturated rings. The Morgan fingerprint density at radius 1 is 0.786 bits per heavy atom. The van der Waals surface area contributed by atoms with Crippen LogP contribution in [0.1, 0.15) is 68.7 Å². The Kier molecular flexibility index (Phi) is 8.00. The van der Waals surface area contributed by atoms with Crippen molar-refractivity contribution < 1.29 is 23.5 Å². The first-order valence-electron chi connectivity index (χ1n) is 14.6. The lowest BCUT2D eigenvalue weighted by Gasteiger charge is -2.46. The summed E-state index contributed by atoms with van der Waals surface area (Å²) in [5.74, 6) is -1.05. The molecule has 2 amide bonds. The number of fused-ring (bicyclic) bond motifs is 1. The maximum Gasteiger partial charge on any atom is 0.350 e. The van der Waals surface area contributed by atoms with Crippen LogP contribution in [0.2, 0.25) is 5.04 Å². The number of imide groups is 1. The molecule has 2 unspecified atom stereocenters. The zero-order valence-electron chi connectivity index (χ0n) is 25.3. The van der Waals surface area contributed by atoms with Crippen molar-refractivity contribution in [2.75, 3.05) is 13.1 Å². The van der Waals surface area contributed by atoms with E-state index in [0.29, 0.717) is 30.6 Å². The highest BCUT2D eigenvalue weighted by molar-refractivity contribution is 6.99. The molecule has 8 heteroatoms. The summed E-state index contributed by atoms with van der Waals surface area (Å²) in [5.41, 5.74) is 0.118. The van der Waals surface area contributed by atoms with Crippen LogP contribution in [0.3, 0.4) is 0 Å². The van der Waals surface area contributed by atoms with Crippen LogP contribution in [-0.4, -0.2) is 66.9 Å². The van der Waals surface area contributed by atoms with E-state index in [1.807, 2.05) is 62.1 Å². The number of benzene rings is 3. The van der Waals surface area contributed by atoms with E-state index in [9.17, 15) is 14.4 Å². The van der Waals surface area contributed by atoms with Gasteiger partial charge < -0.3 is 9.16 Å². The lowest BCUT2D eigenvalue weighted by molar-refractivity contribution is -0.173. The van der Waals surface area contributed by atoms with E-state index in [4.69, 9.17) is 9.16 Å². The second-order valence-electron chi connectivity index (χ2n) is 13.1. The predicted molar refractivity (Wildman–Crippen MR) is 165 cm³/mol. The van der Waals surface area contributed by atoms with E-state index in [-0.39, 0.29) is 22.9 Å². The smallest absolute Gasteiger partial charge is 0.350 e. The molecule has 0 aliphatic carbocycles. The first-order chi connectivity index (χ1) is 19.8. The van der Waals surface area contributed by atoms with Gasteiger partial charge in [0.05, 0.1) is 17.2 Å². The van der Waals surface area contributed by atoms with Gasteiger partial charge in [0.25, 0.3) is 20.1 Å². The summed E-state index contributed by atoms with van der Waals surface area (Å²) < 4.78 is 13.3. The van der Waals surface area contributed by atoms with Crippen molar-refractivity contribution in [2.24, 2.45) is 0 Å². The number of carbonyl (C=O) groups is 3. The van der Waals surface area contributed by atoms with Gasteiger partial charge in [-0.25, -0.2) is 4.79 Å². The molecule has 0 aromatic heterocycles. The van der Waals surface area contributed by atoms with Crippen molar-refractivity contribution in [1.29, 1.82) is 0 Å². The molecule has 2 atom stereocenters. The molecule has 2 aliphatic rings. The normalized spacial score (nSPS) is 18.7. The summed E-state index contributed by atoms with van der Waals surface area (Å²) >= 11 is 0. The van der Waals surface area contributed by atoms with Crippen LogP contribution < -0.4 is 10.4 Å². The number of hydrogen-bond acceptors (Lipinski definition) is 6. The Hall–Kier alpha value is -3.59. The lowest BCUT2D eigenvalue weighted by atomic mass is 10.1. The number of hydrogen-bond donors (Lipinski definition) is 0. The highest BCUT2D eigenvalue weighted by Gasteiger charge is 2.54. The largest absolute Gasteiger partial charge is 0.457 e. The molecule has 5 rings (SSSR count). The van der Waals surface area contributed by atoms with Crippen LogP contribution in [0.4, 0.5) is 0 Å². The molecule has 0 bridgehead atoms.